The number of thiazole rings is 1. The Hall–Kier alpha value is -4.03. The van der Waals surface area contributed by atoms with E-state index in [-0.39, 0.29) is 5.69 Å². The van der Waals surface area contributed by atoms with Gasteiger partial charge in [-0.15, -0.1) is 11.3 Å². The average molecular weight is 506 g/mol. The molecule has 6 rings (SSSR count). The standard InChI is InChI=1S/C31H27N3O2S/c1-20-10-12-21(13-11-20)16-26-28(17-22-14-15-22)34(31-32-27(19-37-31)30(35)36)33-29(26)25-9-5-8-24(18-25)23-6-3-2-4-7-23/h2-13,18-19,22H,14-17H2,1H3,(H,35,36). The van der Waals surface area contributed by atoms with Crippen molar-refractivity contribution in [1.82, 2.24) is 14.8 Å². The molecule has 0 atom stereocenters. The van der Waals surface area contributed by atoms with Gasteiger partial charge in [-0.05, 0) is 54.9 Å². The van der Waals surface area contributed by atoms with Crippen LogP contribution < -0.4 is 0 Å². The molecule has 1 aliphatic carbocycles. The van der Waals surface area contributed by atoms with Crippen LogP contribution in [0.1, 0.15) is 45.7 Å². The molecule has 184 valence electrons. The zero-order chi connectivity index (χ0) is 25.4. The van der Waals surface area contributed by atoms with Crippen LogP contribution in [0.4, 0.5) is 0 Å². The molecule has 2 aromatic heterocycles. The van der Waals surface area contributed by atoms with Gasteiger partial charge in [0.05, 0.1) is 11.4 Å². The third kappa shape index (κ3) is 4.98. The first-order valence-corrected chi connectivity index (χ1v) is 13.4. The maximum atomic E-state index is 11.6. The maximum Gasteiger partial charge on any atom is 0.355 e. The number of aromatic nitrogens is 3. The van der Waals surface area contributed by atoms with E-state index in [4.69, 9.17) is 5.10 Å². The molecule has 37 heavy (non-hydrogen) atoms. The fraction of sp³-hybridized carbons (Fsp3) is 0.194. The minimum Gasteiger partial charge on any atom is -0.476 e. The molecule has 1 saturated carbocycles. The van der Waals surface area contributed by atoms with Gasteiger partial charge in [0.25, 0.3) is 0 Å². The van der Waals surface area contributed by atoms with Crippen LogP contribution >= 0.6 is 11.3 Å². The van der Waals surface area contributed by atoms with E-state index in [1.807, 2.05) is 10.7 Å². The molecule has 0 spiro atoms. The molecule has 2 heterocycles. The summed E-state index contributed by atoms with van der Waals surface area (Å²) in [5.74, 6) is -0.385. The number of aryl methyl sites for hydroxylation is 1. The topological polar surface area (TPSA) is 68.0 Å². The first-order valence-electron chi connectivity index (χ1n) is 12.6. The van der Waals surface area contributed by atoms with Crippen molar-refractivity contribution in [3.05, 3.63) is 112 Å². The normalized spacial score (nSPS) is 13.1. The average Bonchev–Trinajstić information content (AvgIpc) is 3.48. The maximum absolute atomic E-state index is 11.6. The molecule has 0 unspecified atom stereocenters. The number of carbonyl (C=O) groups is 1. The van der Waals surface area contributed by atoms with Crippen LogP contribution in [0.15, 0.2) is 84.2 Å². The zero-order valence-electron chi connectivity index (χ0n) is 20.6. The Labute approximate surface area is 220 Å². The molecule has 0 aliphatic heterocycles. The van der Waals surface area contributed by atoms with E-state index >= 15 is 0 Å². The molecular weight excluding hydrogens is 478 g/mol. The Bertz CT molecular complexity index is 1560. The van der Waals surface area contributed by atoms with Gasteiger partial charge in [0.1, 0.15) is 0 Å². The van der Waals surface area contributed by atoms with E-state index in [2.05, 4.69) is 84.7 Å². The summed E-state index contributed by atoms with van der Waals surface area (Å²) in [6.45, 7) is 2.10. The highest BCUT2D eigenvalue weighted by molar-refractivity contribution is 7.12. The Morgan fingerprint density at radius 3 is 2.41 bits per heavy atom. The number of nitrogens with zero attached hydrogens (tertiary/aromatic N) is 3. The van der Waals surface area contributed by atoms with Crippen LogP contribution in [0.25, 0.3) is 27.5 Å². The van der Waals surface area contributed by atoms with Gasteiger partial charge < -0.3 is 5.11 Å². The van der Waals surface area contributed by atoms with E-state index < -0.39 is 5.97 Å². The van der Waals surface area contributed by atoms with Crippen molar-refractivity contribution in [2.75, 3.05) is 0 Å². The molecule has 1 N–H and O–H groups in total. The lowest BCUT2D eigenvalue weighted by molar-refractivity contribution is 0.0691. The minimum absolute atomic E-state index is 0.0561. The summed E-state index contributed by atoms with van der Waals surface area (Å²) in [5.41, 5.74) is 9.12. The number of benzene rings is 3. The second kappa shape index (κ2) is 9.79. The molecule has 6 heteroatoms. The SMILES string of the molecule is Cc1ccc(Cc2c(-c3cccc(-c4ccccc4)c3)nn(-c3nc(C(=O)O)cs3)c2CC2CC2)cc1. The molecule has 1 fully saturated rings. The summed E-state index contributed by atoms with van der Waals surface area (Å²) in [5, 5.41) is 16.8. The summed E-state index contributed by atoms with van der Waals surface area (Å²) in [7, 11) is 0. The van der Waals surface area contributed by atoms with E-state index in [0.717, 1.165) is 40.9 Å². The highest BCUT2D eigenvalue weighted by Gasteiger charge is 2.29. The van der Waals surface area contributed by atoms with Gasteiger partial charge in [-0.25, -0.2) is 14.5 Å². The minimum atomic E-state index is -1.02. The molecule has 0 amide bonds. The van der Waals surface area contributed by atoms with Crippen molar-refractivity contribution < 1.29 is 9.90 Å². The van der Waals surface area contributed by atoms with Crippen molar-refractivity contribution >= 4 is 17.3 Å². The molecule has 0 radical (unpaired) electrons. The molecule has 5 nitrogen and oxygen atoms in total. The summed E-state index contributed by atoms with van der Waals surface area (Å²) < 4.78 is 1.91. The van der Waals surface area contributed by atoms with Gasteiger partial charge in [-0.2, -0.15) is 5.10 Å². The van der Waals surface area contributed by atoms with Crippen LogP contribution in [-0.2, 0) is 12.8 Å². The zero-order valence-corrected chi connectivity index (χ0v) is 21.4. The Morgan fingerprint density at radius 2 is 1.70 bits per heavy atom. The van der Waals surface area contributed by atoms with Crippen molar-refractivity contribution in [3.8, 4) is 27.5 Å². The lowest BCUT2D eigenvalue weighted by atomic mass is 9.95. The predicted molar refractivity (Wildman–Crippen MR) is 147 cm³/mol. The van der Waals surface area contributed by atoms with Gasteiger partial charge in [-0.3, -0.25) is 0 Å². The molecule has 3 aromatic carbocycles. The lowest BCUT2D eigenvalue weighted by Gasteiger charge is -2.10. The first-order chi connectivity index (χ1) is 18.0. The fourth-order valence-electron chi connectivity index (χ4n) is 4.71. The monoisotopic (exact) mass is 505 g/mol. The number of carboxylic acids is 1. The Morgan fingerprint density at radius 1 is 0.973 bits per heavy atom. The van der Waals surface area contributed by atoms with Gasteiger partial charge in [-0.1, -0.05) is 78.4 Å². The third-order valence-corrected chi connectivity index (χ3v) is 7.72. The number of hydrogen-bond acceptors (Lipinski definition) is 4. The van der Waals surface area contributed by atoms with Gasteiger partial charge in [0, 0.05) is 22.9 Å². The second-order valence-electron chi connectivity index (χ2n) is 9.76. The van der Waals surface area contributed by atoms with Crippen LogP contribution in [0.2, 0.25) is 0 Å². The molecule has 0 saturated heterocycles. The van der Waals surface area contributed by atoms with Crippen LogP contribution in [0, 0.1) is 12.8 Å². The van der Waals surface area contributed by atoms with Crippen molar-refractivity contribution in [3.63, 3.8) is 0 Å². The largest absolute Gasteiger partial charge is 0.476 e. The van der Waals surface area contributed by atoms with E-state index in [9.17, 15) is 9.90 Å². The van der Waals surface area contributed by atoms with Crippen molar-refractivity contribution in [1.29, 1.82) is 0 Å². The summed E-state index contributed by atoms with van der Waals surface area (Å²) in [6.07, 6.45) is 4.09. The van der Waals surface area contributed by atoms with E-state index in [1.54, 1.807) is 5.38 Å². The highest BCUT2D eigenvalue weighted by Crippen LogP contribution is 2.38. The van der Waals surface area contributed by atoms with Gasteiger partial charge in [0.15, 0.2) is 5.69 Å². The molecule has 5 aromatic rings. The van der Waals surface area contributed by atoms with E-state index in [1.165, 1.54) is 40.9 Å². The van der Waals surface area contributed by atoms with Crippen LogP contribution in [0.3, 0.4) is 0 Å². The second-order valence-corrected chi connectivity index (χ2v) is 10.6. The van der Waals surface area contributed by atoms with Crippen LogP contribution in [-0.4, -0.2) is 25.8 Å². The predicted octanol–water partition coefficient (Wildman–Crippen LogP) is 7.21. The Balaban J connectivity index is 1.52. The number of rotatable bonds is 8. The summed E-state index contributed by atoms with van der Waals surface area (Å²) >= 11 is 1.33. The number of hydrogen-bond donors (Lipinski definition) is 1. The number of aromatic carboxylic acids is 1. The van der Waals surface area contributed by atoms with Gasteiger partial charge >= 0.3 is 5.97 Å². The smallest absolute Gasteiger partial charge is 0.355 e. The first kappa shape index (κ1) is 23.4. The van der Waals surface area contributed by atoms with Crippen molar-refractivity contribution in [2.45, 2.75) is 32.6 Å². The third-order valence-electron chi connectivity index (χ3n) is 6.91. The molecule has 0 bridgehead atoms. The lowest BCUT2D eigenvalue weighted by Crippen LogP contribution is -2.06. The van der Waals surface area contributed by atoms with Gasteiger partial charge in [0.2, 0.25) is 5.13 Å². The highest BCUT2D eigenvalue weighted by atomic mass is 32.1. The quantitative estimate of drug-likeness (QED) is 0.242. The fourth-order valence-corrected chi connectivity index (χ4v) is 5.49. The Kier molecular flexibility index (Phi) is 6.18. The number of carboxylic acid groups (broad SMARTS) is 1. The molecule has 1 aliphatic rings. The van der Waals surface area contributed by atoms with Crippen molar-refractivity contribution in [2.24, 2.45) is 5.92 Å². The summed E-state index contributed by atoms with van der Waals surface area (Å²) in [4.78, 5) is 16.0. The van der Waals surface area contributed by atoms with E-state index in [0.29, 0.717) is 11.0 Å². The van der Waals surface area contributed by atoms with Crippen LogP contribution in [0.5, 0.6) is 0 Å². The molecular formula is C31H27N3O2S. The summed E-state index contributed by atoms with van der Waals surface area (Å²) in [6, 6.07) is 27.6.